The number of aryl methyl sites for hydroxylation is 1. The van der Waals surface area contributed by atoms with Crippen LogP contribution in [0.1, 0.15) is 51.9 Å². The number of rotatable bonds is 8. The zero-order chi connectivity index (χ0) is 23.9. The highest BCUT2D eigenvalue weighted by Crippen LogP contribution is 2.40. The smallest absolute Gasteiger partial charge is 0.231 e. The van der Waals surface area contributed by atoms with E-state index in [9.17, 15) is 4.79 Å². The number of hydrogen-bond acceptors (Lipinski definition) is 6. The molecule has 2 aromatic heterocycles. The van der Waals surface area contributed by atoms with Gasteiger partial charge in [-0.3, -0.25) is 4.79 Å². The Morgan fingerprint density at radius 3 is 2.63 bits per heavy atom. The minimum absolute atomic E-state index is 0.0809. The first-order valence-corrected chi connectivity index (χ1v) is 12.8. The van der Waals surface area contributed by atoms with E-state index >= 15 is 0 Å². The number of benzene rings is 2. The Kier molecular flexibility index (Phi) is 5.60. The average molecular weight is 487 g/mol. The third-order valence-electron chi connectivity index (χ3n) is 6.55. The van der Waals surface area contributed by atoms with Gasteiger partial charge in [-0.1, -0.05) is 42.1 Å². The maximum Gasteiger partial charge on any atom is 0.231 e. The highest BCUT2D eigenvalue weighted by molar-refractivity contribution is 7.99. The molecule has 0 saturated heterocycles. The molecular weight excluding hydrogens is 460 g/mol. The Bertz CT molecular complexity index is 1410. The fourth-order valence-corrected chi connectivity index (χ4v) is 5.47. The maximum absolute atomic E-state index is 13.3. The van der Waals surface area contributed by atoms with Gasteiger partial charge in [-0.2, -0.15) is 0 Å². The molecule has 7 nitrogen and oxygen atoms in total. The molecule has 35 heavy (non-hydrogen) atoms. The summed E-state index contributed by atoms with van der Waals surface area (Å²) in [6.45, 7) is 4.95. The van der Waals surface area contributed by atoms with E-state index in [1.165, 1.54) is 17.3 Å². The van der Waals surface area contributed by atoms with Gasteiger partial charge in [-0.15, -0.1) is 10.2 Å². The quantitative estimate of drug-likeness (QED) is 0.248. The zero-order valence-electron chi connectivity index (χ0n) is 19.7. The summed E-state index contributed by atoms with van der Waals surface area (Å²) in [4.78, 5) is 13.3. The van der Waals surface area contributed by atoms with Crippen LogP contribution >= 0.6 is 11.8 Å². The van der Waals surface area contributed by atoms with Gasteiger partial charge in [0.15, 0.2) is 22.4 Å². The van der Waals surface area contributed by atoms with Crippen LogP contribution in [-0.2, 0) is 6.54 Å². The van der Waals surface area contributed by atoms with Gasteiger partial charge in [0.05, 0.1) is 12.3 Å². The Hall–Kier alpha value is -3.52. The van der Waals surface area contributed by atoms with E-state index in [4.69, 9.17) is 9.47 Å². The molecular formula is C27H26N4O3S. The molecule has 1 fully saturated rings. The van der Waals surface area contributed by atoms with Crippen molar-refractivity contribution >= 4 is 17.5 Å². The van der Waals surface area contributed by atoms with Crippen LogP contribution in [0.3, 0.4) is 0 Å². The SMILES string of the molecule is Cc1cc(C(=O)CSc2nnc(C3CC3)n2Cc2ccccc2)c(C)n1-c1ccc2c(c1)OCO2. The lowest BCUT2D eigenvalue weighted by molar-refractivity contribution is 0.102. The van der Waals surface area contributed by atoms with Gasteiger partial charge in [-0.25, -0.2) is 0 Å². The summed E-state index contributed by atoms with van der Waals surface area (Å²) >= 11 is 1.47. The summed E-state index contributed by atoms with van der Waals surface area (Å²) in [6.07, 6.45) is 2.31. The first-order valence-electron chi connectivity index (χ1n) is 11.8. The molecule has 2 aromatic carbocycles. The molecule has 1 aliphatic heterocycles. The lowest BCUT2D eigenvalue weighted by Crippen LogP contribution is -2.09. The van der Waals surface area contributed by atoms with Crippen LogP contribution in [0.25, 0.3) is 5.69 Å². The van der Waals surface area contributed by atoms with Crippen LogP contribution in [-0.4, -0.2) is 37.7 Å². The van der Waals surface area contributed by atoms with Gasteiger partial charge in [0.2, 0.25) is 6.79 Å². The summed E-state index contributed by atoms with van der Waals surface area (Å²) in [6, 6.07) is 18.1. The van der Waals surface area contributed by atoms with Gasteiger partial charge < -0.3 is 18.6 Å². The number of fused-ring (bicyclic) bond motifs is 1. The number of carbonyl (C=O) groups is 1. The van der Waals surface area contributed by atoms with Crippen molar-refractivity contribution < 1.29 is 14.3 Å². The highest BCUT2D eigenvalue weighted by Gasteiger charge is 2.31. The number of ether oxygens (including phenoxy) is 2. The van der Waals surface area contributed by atoms with Crippen molar-refractivity contribution in [2.24, 2.45) is 0 Å². The third-order valence-corrected chi connectivity index (χ3v) is 7.52. The van der Waals surface area contributed by atoms with Crippen molar-refractivity contribution in [2.75, 3.05) is 12.5 Å². The van der Waals surface area contributed by atoms with Gasteiger partial charge in [-0.05, 0) is 50.5 Å². The fourth-order valence-electron chi connectivity index (χ4n) is 4.64. The Balaban J connectivity index is 1.22. The van der Waals surface area contributed by atoms with E-state index in [1.807, 2.05) is 56.3 Å². The van der Waals surface area contributed by atoms with Gasteiger partial charge >= 0.3 is 0 Å². The lowest BCUT2D eigenvalue weighted by atomic mass is 10.2. The van der Waals surface area contributed by atoms with E-state index in [0.717, 1.165) is 64.5 Å². The molecule has 1 aliphatic carbocycles. The van der Waals surface area contributed by atoms with Crippen molar-refractivity contribution in [1.29, 1.82) is 0 Å². The molecule has 0 unspecified atom stereocenters. The van der Waals surface area contributed by atoms with Crippen molar-refractivity contribution in [3.8, 4) is 17.2 Å². The molecule has 0 radical (unpaired) electrons. The number of hydrogen-bond donors (Lipinski definition) is 0. The van der Waals surface area contributed by atoms with E-state index in [-0.39, 0.29) is 12.6 Å². The molecule has 3 heterocycles. The second-order valence-electron chi connectivity index (χ2n) is 9.06. The molecule has 0 atom stereocenters. The molecule has 1 saturated carbocycles. The summed E-state index contributed by atoms with van der Waals surface area (Å²) in [5, 5.41) is 9.74. The zero-order valence-corrected chi connectivity index (χ0v) is 20.5. The standard InChI is InChI=1S/C27H26N4O3S/c1-17-12-22(18(2)31(17)21-10-11-24-25(13-21)34-16-33-24)23(32)15-35-27-29-28-26(20-8-9-20)30(27)14-19-6-4-3-5-7-19/h3-7,10-13,20H,8-9,14-16H2,1-2H3. The van der Waals surface area contributed by atoms with Gasteiger partial charge in [0, 0.05) is 34.6 Å². The molecule has 4 aromatic rings. The molecule has 0 amide bonds. The fraction of sp³-hybridized carbons (Fsp3) is 0.296. The summed E-state index contributed by atoms with van der Waals surface area (Å²) in [5.41, 5.74) is 4.79. The molecule has 8 heteroatoms. The van der Waals surface area contributed by atoms with Crippen molar-refractivity contribution in [1.82, 2.24) is 19.3 Å². The van der Waals surface area contributed by atoms with Crippen molar-refractivity contribution in [3.63, 3.8) is 0 Å². The number of carbonyl (C=O) groups excluding carboxylic acids is 1. The summed E-state index contributed by atoms with van der Waals surface area (Å²) in [7, 11) is 0. The van der Waals surface area contributed by atoms with Crippen LogP contribution in [0, 0.1) is 13.8 Å². The normalized spacial score (nSPS) is 14.5. The second-order valence-corrected chi connectivity index (χ2v) is 10.00. The minimum atomic E-state index is 0.0809. The van der Waals surface area contributed by atoms with E-state index < -0.39 is 0 Å². The Morgan fingerprint density at radius 1 is 1.03 bits per heavy atom. The number of nitrogens with zero attached hydrogens (tertiary/aromatic N) is 4. The largest absolute Gasteiger partial charge is 0.454 e. The Labute approximate surface area is 208 Å². The first-order chi connectivity index (χ1) is 17.1. The molecule has 0 spiro atoms. The third kappa shape index (κ3) is 4.23. The summed E-state index contributed by atoms with van der Waals surface area (Å²) in [5.74, 6) is 3.37. The minimum Gasteiger partial charge on any atom is -0.454 e. The van der Waals surface area contributed by atoms with E-state index in [2.05, 4.69) is 31.5 Å². The maximum atomic E-state index is 13.3. The second kappa shape index (κ2) is 8.92. The van der Waals surface area contributed by atoms with Crippen LogP contribution in [0.5, 0.6) is 11.5 Å². The van der Waals surface area contributed by atoms with E-state index in [1.54, 1.807) is 0 Å². The van der Waals surface area contributed by atoms with Gasteiger partial charge in [0.1, 0.15) is 5.82 Å². The van der Waals surface area contributed by atoms with Crippen LogP contribution in [0.2, 0.25) is 0 Å². The molecule has 2 aliphatic rings. The van der Waals surface area contributed by atoms with Gasteiger partial charge in [0.25, 0.3) is 0 Å². The number of Topliss-reactive ketones (excluding diaryl/α,β-unsaturated/α-hetero) is 1. The Morgan fingerprint density at radius 2 is 1.83 bits per heavy atom. The number of ketones is 1. The molecule has 178 valence electrons. The van der Waals surface area contributed by atoms with Crippen molar-refractivity contribution in [3.05, 3.63) is 82.9 Å². The predicted molar refractivity (Wildman–Crippen MR) is 134 cm³/mol. The monoisotopic (exact) mass is 486 g/mol. The average Bonchev–Trinajstić information content (AvgIpc) is 3.34. The summed E-state index contributed by atoms with van der Waals surface area (Å²) < 4.78 is 15.2. The topological polar surface area (TPSA) is 71.2 Å². The van der Waals surface area contributed by atoms with Crippen LogP contribution in [0.15, 0.2) is 59.8 Å². The first kappa shape index (κ1) is 22.0. The lowest BCUT2D eigenvalue weighted by Gasteiger charge is -2.11. The number of aromatic nitrogens is 4. The predicted octanol–water partition coefficient (Wildman–Crippen LogP) is 5.32. The molecule has 0 bridgehead atoms. The molecule has 6 rings (SSSR count). The highest BCUT2D eigenvalue weighted by atomic mass is 32.2. The van der Waals surface area contributed by atoms with Crippen LogP contribution < -0.4 is 9.47 Å². The molecule has 0 N–H and O–H groups in total. The van der Waals surface area contributed by atoms with Crippen molar-refractivity contribution in [2.45, 2.75) is 44.3 Å². The van der Waals surface area contributed by atoms with E-state index in [0.29, 0.717) is 11.7 Å². The van der Waals surface area contributed by atoms with Crippen LogP contribution in [0.4, 0.5) is 0 Å². The number of thioether (sulfide) groups is 1.